The summed E-state index contributed by atoms with van der Waals surface area (Å²) in [6, 6.07) is 18.1. The molecule has 1 fully saturated rings. The monoisotopic (exact) mass is 438 g/mol. The normalized spacial score (nSPS) is 13.2. The molecule has 2 aromatic carbocycles. The second-order valence-corrected chi connectivity index (χ2v) is 7.26. The molecule has 1 aliphatic rings. The molecule has 0 spiro atoms. The highest BCUT2D eigenvalue weighted by Gasteiger charge is 2.24. The molecule has 0 aliphatic carbocycles. The van der Waals surface area contributed by atoms with E-state index >= 15 is 0 Å². The summed E-state index contributed by atoms with van der Waals surface area (Å²) in [4.78, 5) is 51.5. The maximum Gasteiger partial charge on any atom is 0.325 e. The van der Waals surface area contributed by atoms with Crippen molar-refractivity contribution < 1.29 is 23.9 Å². The van der Waals surface area contributed by atoms with E-state index in [-0.39, 0.29) is 30.8 Å². The summed E-state index contributed by atoms with van der Waals surface area (Å²) in [5.74, 6) is -1.32. The largest absolute Gasteiger partial charge is 0.454 e. The highest BCUT2D eigenvalue weighted by molar-refractivity contribution is 5.89. The number of piperazine rings is 1. The van der Waals surface area contributed by atoms with Gasteiger partial charge in [-0.2, -0.15) is 0 Å². The smallest absolute Gasteiger partial charge is 0.325 e. The van der Waals surface area contributed by atoms with Gasteiger partial charge in [0.25, 0.3) is 5.91 Å². The topological polar surface area (TPSA) is 108 Å². The molecule has 0 bridgehead atoms. The molecule has 168 valence electrons. The zero-order valence-corrected chi connectivity index (χ0v) is 17.7. The van der Waals surface area contributed by atoms with Crippen LogP contribution in [0.15, 0.2) is 60.7 Å². The van der Waals surface area contributed by atoms with Crippen LogP contribution in [0.4, 0.5) is 10.5 Å². The van der Waals surface area contributed by atoms with E-state index in [9.17, 15) is 19.2 Å². The first-order valence-corrected chi connectivity index (χ1v) is 10.4. The zero-order chi connectivity index (χ0) is 22.8. The lowest BCUT2D eigenvalue weighted by Crippen LogP contribution is -2.52. The van der Waals surface area contributed by atoms with E-state index in [0.717, 1.165) is 5.56 Å². The lowest BCUT2D eigenvalue weighted by molar-refractivity contribution is -0.152. The Bertz CT molecular complexity index is 928. The number of hydrogen-bond donors (Lipinski definition) is 2. The van der Waals surface area contributed by atoms with Gasteiger partial charge in [0.2, 0.25) is 5.91 Å². The van der Waals surface area contributed by atoms with Crippen LogP contribution in [0.2, 0.25) is 0 Å². The number of amides is 4. The van der Waals surface area contributed by atoms with Crippen molar-refractivity contribution in [3.05, 3.63) is 66.2 Å². The van der Waals surface area contributed by atoms with Crippen molar-refractivity contribution in [3.8, 4) is 0 Å². The van der Waals surface area contributed by atoms with Gasteiger partial charge in [-0.1, -0.05) is 48.5 Å². The van der Waals surface area contributed by atoms with Gasteiger partial charge >= 0.3 is 12.0 Å². The third kappa shape index (κ3) is 7.12. The Morgan fingerprint density at radius 1 is 0.812 bits per heavy atom. The highest BCUT2D eigenvalue weighted by atomic mass is 16.5. The Morgan fingerprint density at radius 3 is 2.06 bits per heavy atom. The molecule has 1 saturated heterocycles. The Kier molecular flexibility index (Phi) is 8.19. The van der Waals surface area contributed by atoms with Gasteiger partial charge in [-0.15, -0.1) is 0 Å². The van der Waals surface area contributed by atoms with Gasteiger partial charge in [0.15, 0.2) is 6.61 Å². The lowest BCUT2D eigenvalue weighted by Gasteiger charge is -2.34. The van der Waals surface area contributed by atoms with Crippen LogP contribution in [-0.4, -0.2) is 72.9 Å². The van der Waals surface area contributed by atoms with Crippen LogP contribution in [0.1, 0.15) is 5.56 Å². The van der Waals surface area contributed by atoms with Crippen molar-refractivity contribution in [3.63, 3.8) is 0 Å². The first kappa shape index (κ1) is 22.8. The van der Waals surface area contributed by atoms with Crippen LogP contribution in [0, 0.1) is 0 Å². The molecule has 32 heavy (non-hydrogen) atoms. The molecule has 0 saturated carbocycles. The number of anilines is 1. The highest BCUT2D eigenvalue weighted by Crippen LogP contribution is 2.09. The van der Waals surface area contributed by atoms with Crippen molar-refractivity contribution in [2.45, 2.75) is 6.42 Å². The first-order valence-electron chi connectivity index (χ1n) is 10.4. The summed E-state index contributed by atoms with van der Waals surface area (Å²) in [6.07, 6.45) is 0.162. The van der Waals surface area contributed by atoms with Crippen LogP contribution >= 0.6 is 0 Å². The van der Waals surface area contributed by atoms with Gasteiger partial charge in [0.1, 0.15) is 6.54 Å². The number of carbonyl (C=O) groups is 4. The summed E-state index contributed by atoms with van der Waals surface area (Å²) in [5.41, 5.74) is 1.55. The Balaban J connectivity index is 1.32. The van der Waals surface area contributed by atoms with E-state index < -0.39 is 12.6 Å². The second kappa shape index (κ2) is 11.5. The van der Waals surface area contributed by atoms with Crippen molar-refractivity contribution in [1.29, 1.82) is 0 Å². The summed E-state index contributed by atoms with van der Waals surface area (Å²) < 4.78 is 4.97. The summed E-state index contributed by atoms with van der Waals surface area (Å²) in [5, 5.41) is 5.30. The molecule has 0 atom stereocenters. The SMILES string of the molecule is O=C(Cc1ccccc1)NCC(=O)OCC(=O)N1CCN(C(=O)Nc2ccccc2)CC1. The number of carbonyl (C=O) groups excluding carboxylic acids is 4. The number of ether oxygens (including phenoxy) is 1. The third-order valence-electron chi connectivity index (χ3n) is 4.94. The number of benzene rings is 2. The van der Waals surface area contributed by atoms with E-state index in [0.29, 0.717) is 31.9 Å². The van der Waals surface area contributed by atoms with Crippen molar-refractivity contribution in [1.82, 2.24) is 15.1 Å². The molecule has 9 heteroatoms. The van der Waals surface area contributed by atoms with E-state index in [1.54, 1.807) is 21.9 Å². The molecule has 3 rings (SSSR count). The van der Waals surface area contributed by atoms with Gasteiger partial charge in [-0.25, -0.2) is 4.79 Å². The molecular weight excluding hydrogens is 412 g/mol. The van der Waals surface area contributed by atoms with Crippen molar-refractivity contribution in [2.24, 2.45) is 0 Å². The van der Waals surface area contributed by atoms with E-state index in [4.69, 9.17) is 4.74 Å². The predicted molar refractivity (Wildman–Crippen MR) is 118 cm³/mol. The zero-order valence-electron chi connectivity index (χ0n) is 17.7. The molecule has 2 aromatic rings. The predicted octanol–water partition coefficient (Wildman–Crippen LogP) is 1.26. The number of nitrogens with one attached hydrogen (secondary N) is 2. The van der Waals surface area contributed by atoms with Crippen molar-refractivity contribution in [2.75, 3.05) is 44.6 Å². The van der Waals surface area contributed by atoms with Gasteiger partial charge in [-0.3, -0.25) is 14.4 Å². The minimum Gasteiger partial charge on any atom is -0.454 e. The number of para-hydroxylation sites is 1. The standard InChI is InChI=1S/C23H26N4O5/c28-20(15-18-7-3-1-4-8-18)24-16-22(30)32-17-21(29)26-11-13-27(14-12-26)23(31)25-19-9-5-2-6-10-19/h1-10H,11-17H2,(H,24,28)(H,25,31). The van der Waals surface area contributed by atoms with Crippen LogP contribution in [0.5, 0.6) is 0 Å². The molecule has 1 heterocycles. The fourth-order valence-corrected chi connectivity index (χ4v) is 3.18. The number of urea groups is 1. The summed E-state index contributed by atoms with van der Waals surface area (Å²) in [7, 11) is 0. The first-order chi connectivity index (χ1) is 15.5. The van der Waals surface area contributed by atoms with Crippen LogP contribution in [0.25, 0.3) is 0 Å². The minimum atomic E-state index is -0.680. The maximum atomic E-state index is 12.3. The Labute approximate surface area is 186 Å². The van der Waals surface area contributed by atoms with E-state index in [1.807, 2.05) is 48.5 Å². The molecule has 9 nitrogen and oxygen atoms in total. The fraction of sp³-hybridized carbons (Fsp3) is 0.304. The molecule has 0 radical (unpaired) electrons. The summed E-state index contributed by atoms with van der Waals surface area (Å²) >= 11 is 0. The quantitative estimate of drug-likeness (QED) is 0.633. The van der Waals surface area contributed by atoms with Crippen LogP contribution in [-0.2, 0) is 25.5 Å². The average Bonchev–Trinajstić information content (AvgIpc) is 2.82. The second-order valence-electron chi connectivity index (χ2n) is 7.26. The lowest BCUT2D eigenvalue weighted by atomic mass is 10.1. The van der Waals surface area contributed by atoms with Crippen LogP contribution < -0.4 is 10.6 Å². The number of esters is 1. The number of rotatable bonds is 7. The third-order valence-corrected chi connectivity index (χ3v) is 4.94. The molecule has 2 N–H and O–H groups in total. The number of hydrogen-bond acceptors (Lipinski definition) is 5. The Morgan fingerprint density at radius 2 is 1.41 bits per heavy atom. The van der Waals surface area contributed by atoms with Gasteiger partial charge in [0, 0.05) is 31.9 Å². The Hall–Kier alpha value is -3.88. The fourth-order valence-electron chi connectivity index (χ4n) is 3.18. The molecule has 0 unspecified atom stereocenters. The number of nitrogens with zero attached hydrogens (tertiary/aromatic N) is 2. The van der Waals surface area contributed by atoms with Gasteiger partial charge in [0.05, 0.1) is 6.42 Å². The average molecular weight is 438 g/mol. The summed E-state index contributed by atoms with van der Waals surface area (Å²) in [6.45, 7) is 0.774. The van der Waals surface area contributed by atoms with Crippen LogP contribution in [0.3, 0.4) is 0 Å². The molecule has 1 aliphatic heterocycles. The maximum absolute atomic E-state index is 12.3. The molecule has 4 amide bonds. The van der Waals surface area contributed by atoms with Gasteiger partial charge in [-0.05, 0) is 17.7 Å². The van der Waals surface area contributed by atoms with Crippen molar-refractivity contribution >= 4 is 29.5 Å². The van der Waals surface area contributed by atoms with E-state index in [1.165, 1.54) is 0 Å². The van der Waals surface area contributed by atoms with E-state index in [2.05, 4.69) is 10.6 Å². The molecule has 0 aromatic heterocycles. The molecular formula is C23H26N4O5. The van der Waals surface area contributed by atoms with Gasteiger partial charge < -0.3 is 25.2 Å². The minimum absolute atomic E-state index is 0.162.